The molecule has 0 saturated carbocycles. The molecule has 27 heavy (non-hydrogen) atoms. The molecule has 0 N–H and O–H groups in total. The number of thiophene rings is 1. The SMILES string of the molecule is c1ccc(CN2CCN(CCCCc3cc(-c4cccs4)no3)CC2)cc1. The second kappa shape index (κ2) is 9.31. The standard InChI is InChI=1S/C22H27N3OS/c1-2-7-19(8-3-1)18-25-14-12-24(13-15-25)11-5-4-9-20-17-21(23-26-20)22-10-6-16-27-22/h1-3,6-8,10,16-17H,4-5,9,11-15,18H2. The highest BCUT2D eigenvalue weighted by atomic mass is 32.1. The number of hydrogen-bond donors (Lipinski definition) is 0. The monoisotopic (exact) mass is 381 g/mol. The van der Waals surface area contributed by atoms with Crippen LogP contribution in [-0.4, -0.2) is 47.7 Å². The van der Waals surface area contributed by atoms with Gasteiger partial charge in [-0.15, -0.1) is 11.3 Å². The van der Waals surface area contributed by atoms with E-state index in [-0.39, 0.29) is 0 Å². The Bertz CT molecular complexity index is 792. The molecule has 1 aliphatic heterocycles. The van der Waals surface area contributed by atoms with Gasteiger partial charge in [0.15, 0.2) is 0 Å². The van der Waals surface area contributed by atoms with Gasteiger partial charge in [0.25, 0.3) is 0 Å². The third-order valence-corrected chi connectivity index (χ3v) is 6.09. The van der Waals surface area contributed by atoms with Crippen LogP contribution in [0.2, 0.25) is 0 Å². The average molecular weight is 382 g/mol. The molecular formula is C22H27N3OS. The molecule has 4 nitrogen and oxygen atoms in total. The number of unbranched alkanes of at least 4 members (excludes halogenated alkanes) is 1. The molecule has 2 aromatic heterocycles. The normalized spacial score (nSPS) is 16.0. The van der Waals surface area contributed by atoms with Crippen molar-refractivity contribution in [3.63, 3.8) is 0 Å². The van der Waals surface area contributed by atoms with E-state index in [4.69, 9.17) is 4.52 Å². The van der Waals surface area contributed by atoms with Crippen LogP contribution in [0.1, 0.15) is 24.2 Å². The maximum absolute atomic E-state index is 5.49. The summed E-state index contributed by atoms with van der Waals surface area (Å²) in [5.41, 5.74) is 2.38. The molecule has 0 unspecified atom stereocenters. The molecule has 3 aromatic rings. The van der Waals surface area contributed by atoms with Crippen molar-refractivity contribution < 1.29 is 4.52 Å². The Labute approximate surface area is 165 Å². The molecule has 1 aromatic carbocycles. The molecule has 1 fully saturated rings. The van der Waals surface area contributed by atoms with Crippen molar-refractivity contribution >= 4 is 11.3 Å². The van der Waals surface area contributed by atoms with E-state index in [1.54, 1.807) is 11.3 Å². The number of hydrogen-bond acceptors (Lipinski definition) is 5. The molecule has 4 rings (SSSR count). The highest BCUT2D eigenvalue weighted by molar-refractivity contribution is 7.13. The Balaban J connectivity index is 1.13. The third-order valence-electron chi connectivity index (χ3n) is 5.19. The number of benzene rings is 1. The molecule has 142 valence electrons. The van der Waals surface area contributed by atoms with Crippen molar-refractivity contribution in [2.75, 3.05) is 32.7 Å². The molecular weight excluding hydrogens is 354 g/mol. The summed E-state index contributed by atoms with van der Waals surface area (Å²) in [7, 11) is 0. The zero-order chi connectivity index (χ0) is 18.3. The van der Waals surface area contributed by atoms with Gasteiger partial charge in [0.05, 0.1) is 4.88 Å². The van der Waals surface area contributed by atoms with Gasteiger partial charge in [-0.1, -0.05) is 41.6 Å². The van der Waals surface area contributed by atoms with Gasteiger partial charge in [-0.3, -0.25) is 4.90 Å². The predicted octanol–water partition coefficient (Wildman–Crippen LogP) is 4.54. The summed E-state index contributed by atoms with van der Waals surface area (Å²) in [4.78, 5) is 6.34. The van der Waals surface area contributed by atoms with Gasteiger partial charge in [-0.2, -0.15) is 0 Å². The van der Waals surface area contributed by atoms with E-state index in [0.29, 0.717) is 0 Å². The smallest absolute Gasteiger partial charge is 0.137 e. The van der Waals surface area contributed by atoms with Gasteiger partial charge < -0.3 is 9.42 Å². The number of rotatable bonds is 8. The summed E-state index contributed by atoms with van der Waals surface area (Å²) >= 11 is 1.70. The first kappa shape index (κ1) is 18.4. The van der Waals surface area contributed by atoms with Gasteiger partial charge in [-0.25, -0.2) is 0 Å². The Kier molecular flexibility index (Phi) is 6.35. The van der Waals surface area contributed by atoms with E-state index in [2.05, 4.69) is 62.8 Å². The highest BCUT2D eigenvalue weighted by Gasteiger charge is 2.16. The Morgan fingerprint density at radius 2 is 1.74 bits per heavy atom. The fourth-order valence-corrected chi connectivity index (χ4v) is 4.30. The second-order valence-electron chi connectivity index (χ2n) is 7.22. The maximum Gasteiger partial charge on any atom is 0.137 e. The van der Waals surface area contributed by atoms with Crippen LogP contribution in [0.15, 0.2) is 58.4 Å². The van der Waals surface area contributed by atoms with Crippen LogP contribution < -0.4 is 0 Å². The van der Waals surface area contributed by atoms with E-state index in [1.807, 2.05) is 6.07 Å². The quantitative estimate of drug-likeness (QED) is 0.536. The second-order valence-corrected chi connectivity index (χ2v) is 8.16. The fraction of sp³-hybridized carbons (Fsp3) is 0.409. The largest absolute Gasteiger partial charge is 0.361 e. The van der Waals surface area contributed by atoms with E-state index in [9.17, 15) is 0 Å². The summed E-state index contributed by atoms with van der Waals surface area (Å²) in [6, 6.07) is 17.0. The topological polar surface area (TPSA) is 32.5 Å². The lowest BCUT2D eigenvalue weighted by molar-refractivity contribution is 0.125. The van der Waals surface area contributed by atoms with Gasteiger partial charge in [0, 0.05) is 45.2 Å². The number of nitrogens with zero attached hydrogens (tertiary/aromatic N) is 3. The van der Waals surface area contributed by atoms with Crippen molar-refractivity contribution in [3.05, 3.63) is 65.2 Å². The van der Waals surface area contributed by atoms with Gasteiger partial charge >= 0.3 is 0 Å². The minimum Gasteiger partial charge on any atom is -0.361 e. The van der Waals surface area contributed by atoms with Crippen LogP contribution in [-0.2, 0) is 13.0 Å². The summed E-state index contributed by atoms with van der Waals surface area (Å²) in [6.07, 6.45) is 3.35. The molecule has 0 spiro atoms. The summed E-state index contributed by atoms with van der Waals surface area (Å²) in [5.74, 6) is 1.01. The van der Waals surface area contributed by atoms with Crippen LogP contribution in [0.4, 0.5) is 0 Å². The first-order valence-electron chi connectivity index (χ1n) is 9.85. The molecule has 0 aliphatic carbocycles. The van der Waals surface area contributed by atoms with Crippen LogP contribution in [0.5, 0.6) is 0 Å². The van der Waals surface area contributed by atoms with Crippen molar-refractivity contribution in [3.8, 4) is 10.6 Å². The van der Waals surface area contributed by atoms with Crippen molar-refractivity contribution in [1.29, 1.82) is 0 Å². The summed E-state index contributed by atoms with van der Waals surface area (Å²) < 4.78 is 5.49. The van der Waals surface area contributed by atoms with Crippen LogP contribution in [0.3, 0.4) is 0 Å². The summed E-state index contributed by atoms with van der Waals surface area (Å²) in [5, 5.41) is 6.26. The van der Waals surface area contributed by atoms with Gasteiger partial charge in [-0.05, 0) is 36.4 Å². The highest BCUT2D eigenvalue weighted by Crippen LogP contribution is 2.24. The summed E-state index contributed by atoms with van der Waals surface area (Å²) in [6.45, 7) is 6.95. The lowest BCUT2D eigenvalue weighted by Crippen LogP contribution is -2.46. The molecule has 0 radical (unpaired) electrons. The average Bonchev–Trinajstić information content (AvgIpc) is 3.39. The molecule has 0 atom stereocenters. The number of aromatic nitrogens is 1. The zero-order valence-corrected chi connectivity index (χ0v) is 16.5. The molecule has 3 heterocycles. The molecule has 5 heteroatoms. The van der Waals surface area contributed by atoms with E-state index < -0.39 is 0 Å². The lowest BCUT2D eigenvalue weighted by Gasteiger charge is -2.34. The minimum atomic E-state index is 0.967. The van der Waals surface area contributed by atoms with Crippen LogP contribution in [0.25, 0.3) is 10.6 Å². The Hall–Kier alpha value is -1.95. The Morgan fingerprint density at radius 3 is 2.52 bits per heavy atom. The van der Waals surface area contributed by atoms with Crippen LogP contribution >= 0.6 is 11.3 Å². The van der Waals surface area contributed by atoms with Crippen molar-refractivity contribution in [2.45, 2.75) is 25.8 Å². The van der Waals surface area contributed by atoms with Gasteiger partial charge in [0.2, 0.25) is 0 Å². The van der Waals surface area contributed by atoms with E-state index >= 15 is 0 Å². The fourth-order valence-electron chi connectivity index (χ4n) is 3.62. The number of piperazine rings is 1. The third kappa shape index (κ3) is 5.28. The Morgan fingerprint density at radius 1 is 0.926 bits per heavy atom. The first-order chi connectivity index (χ1) is 13.4. The molecule has 0 amide bonds. The first-order valence-corrected chi connectivity index (χ1v) is 10.7. The van der Waals surface area contributed by atoms with Gasteiger partial charge in [0.1, 0.15) is 11.5 Å². The zero-order valence-electron chi connectivity index (χ0n) is 15.7. The van der Waals surface area contributed by atoms with E-state index in [1.165, 1.54) is 49.6 Å². The molecule has 1 aliphatic rings. The molecule has 0 bridgehead atoms. The van der Waals surface area contributed by atoms with Crippen molar-refractivity contribution in [2.24, 2.45) is 0 Å². The predicted molar refractivity (Wildman–Crippen MR) is 111 cm³/mol. The maximum atomic E-state index is 5.49. The minimum absolute atomic E-state index is 0.967. The number of aryl methyl sites for hydroxylation is 1. The van der Waals surface area contributed by atoms with E-state index in [0.717, 1.165) is 30.8 Å². The lowest BCUT2D eigenvalue weighted by atomic mass is 10.1. The molecule has 1 saturated heterocycles. The van der Waals surface area contributed by atoms with Crippen LogP contribution in [0, 0.1) is 0 Å². The van der Waals surface area contributed by atoms with Crippen molar-refractivity contribution in [1.82, 2.24) is 15.0 Å².